The van der Waals surface area contributed by atoms with E-state index >= 15 is 0 Å². The van der Waals surface area contributed by atoms with Crippen LogP contribution in [0.15, 0.2) is 5.38 Å². The molecular formula is C11H21N3S. The van der Waals surface area contributed by atoms with Gasteiger partial charge in [0.15, 0.2) is 5.13 Å². The fourth-order valence-electron chi connectivity index (χ4n) is 1.42. The zero-order valence-electron chi connectivity index (χ0n) is 9.92. The van der Waals surface area contributed by atoms with Crippen LogP contribution in [0.5, 0.6) is 0 Å². The minimum absolute atomic E-state index is 1.01. The van der Waals surface area contributed by atoms with Crippen molar-refractivity contribution in [3.05, 3.63) is 11.1 Å². The lowest BCUT2D eigenvalue weighted by molar-refractivity contribution is 0.707. The van der Waals surface area contributed by atoms with E-state index in [4.69, 9.17) is 0 Å². The molecule has 0 saturated carbocycles. The Morgan fingerprint density at radius 3 is 2.73 bits per heavy atom. The Bertz CT molecular complexity index is 273. The Hall–Kier alpha value is -0.610. The van der Waals surface area contributed by atoms with Gasteiger partial charge < -0.3 is 10.2 Å². The number of hydrogen-bond acceptors (Lipinski definition) is 4. The van der Waals surface area contributed by atoms with Crippen LogP contribution in [0.25, 0.3) is 0 Å². The van der Waals surface area contributed by atoms with E-state index in [0.717, 1.165) is 26.1 Å². The molecule has 1 aromatic heterocycles. The van der Waals surface area contributed by atoms with Gasteiger partial charge in [0.25, 0.3) is 0 Å². The van der Waals surface area contributed by atoms with Crippen LogP contribution in [-0.4, -0.2) is 31.7 Å². The second-order valence-electron chi connectivity index (χ2n) is 3.57. The van der Waals surface area contributed by atoms with Crippen LogP contribution < -0.4 is 10.2 Å². The minimum Gasteiger partial charge on any atom is -0.347 e. The Kier molecular flexibility index (Phi) is 5.65. The highest BCUT2D eigenvalue weighted by Gasteiger charge is 2.08. The number of anilines is 1. The molecule has 1 heterocycles. The molecule has 3 nitrogen and oxygen atoms in total. The molecule has 1 N–H and O–H groups in total. The van der Waals surface area contributed by atoms with Crippen LogP contribution in [0.4, 0.5) is 5.13 Å². The van der Waals surface area contributed by atoms with Gasteiger partial charge in [-0.05, 0) is 19.9 Å². The molecule has 15 heavy (non-hydrogen) atoms. The summed E-state index contributed by atoms with van der Waals surface area (Å²) in [6, 6.07) is 0. The van der Waals surface area contributed by atoms with Crippen molar-refractivity contribution in [2.75, 3.05) is 31.6 Å². The van der Waals surface area contributed by atoms with Crippen molar-refractivity contribution >= 4 is 16.5 Å². The lowest BCUT2D eigenvalue weighted by Crippen LogP contribution is -2.31. The molecular weight excluding hydrogens is 206 g/mol. The van der Waals surface area contributed by atoms with Crippen molar-refractivity contribution < 1.29 is 0 Å². The third-order valence-electron chi connectivity index (χ3n) is 2.30. The van der Waals surface area contributed by atoms with Crippen LogP contribution in [0.3, 0.4) is 0 Å². The molecule has 0 aliphatic carbocycles. The molecule has 0 aromatic carbocycles. The SMILES string of the molecule is CCCN(CCNC)c1nc(CC)cs1. The highest BCUT2D eigenvalue weighted by Crippen LogP contribution is 2.20. The average Bonchev–Trinajstić information content (AvgIpc) is 2.72. The summed E-state index contributed by atoms with van der Waals surface area (Å²) >= 11 is 1.76. The number of rotatable bonds is 7. The first-order valence-electron chi connectivity index (χ1n) is 5.65. The maximum atomic E-state index is 4.62. The van der Waals surface area contributed by atoms with E-state index in [1.165, 1.54) is 17.2 Å². The summed E-state index contributed by atoms with van der Waals surface area (Å²) < 4.78 is 0. The smallest absolute Gasteiger partial charge is 0.185 e. The number of nitrogens with one attached hydrogen (secondary N) is 1. The number of aryl methyl sites for hydroxylation is 1. The van der Waals surface area contributed by atoms with Crippen molar-refractivity contribution in [2.24, 2.45) is 0 Å². The van der Waals surface area contributed by atoms with E-state index in [0.29, 0.717) is 0 Å². The van der Waals surface area contributed by atoms with Gasteiger partial charge in [-0.1, -0.05) is 13.8 Å². The summed E-state index contributed by atoms with van der Waals surface area (Å²) in [4.78, 5) is 6.98. The van der Waals surface area contributed by atoms with Gasteiger partial charge >= 0.3 is 0 Å². The summed E-state index contributed by atoms with van der Waals surface area (Å²) in [5.74, 6) is 0. The third kappa shape index (κ3) is 3.80. The summed E-state index contributed by atoms with van der Waals surface area (Å²) in [5.41, 5.74) is 1.21. The van der Waals surface area contributed by atoms with Gasteiger partial charge in [-0.25, -0.2) is 4.98 Å². The van der Waals surface area contributed by atoms with Crippen LogP contribution in [-0.2, 0) is 6.42 Å². The molecule has 0 amide bonds. The van der Waals surface area contributed by atoms with E-state index in [9.17, 15) is 0 Å². The molecule has 4 heteroatoms. The third-order valence-corrected chi connectivity index (χ3v) is 3.25. The van der Waals surface area contributed by atoms with Gasteiger partial charge in [-0.2, -0.15) is 0 Å². The normalized spacial score (nSPS) is 10.6. The van der Waals surface area contributed by atoms with E-state index in [-0.39, 0.29) is 0 Å². The van der Waals surface area contributed by atoms with Crippen molar-refractivity contribution in [3.8, 4) is 0 Å². The second kappa shape index (κ2) is 6.80. The molecule has 1 aromatic rings. The van der Waals surface area contributed by atoms with Crippen LogP contribution in [0.2, 0.25) is 0 Å². The molecule has 0 fully saturated rings. The van der Waals surface area contributed by atoms with Gasteiger partial charge in [0.05, 0.1) is 5.69 Å². The molecule has 0 spiro atoms. The Morgan fingerprint density at radius 1 is 1.40 bits per heavy atom. The molecule has 1 rings (SSSR count). The maximum absolute atomic E-state index is 4.62. The Labute approximate surface area is 96.5 Å². The number of nitrogens with zero attached hydrogens (tertiary/aromatic N) is 2. The van der Waals surface area contributed by atoms with Gasteiger partial charge in [0.2, 0.25) is 0 Å². The number of likely N-dealkylation sites (N-methyl/N-ethyl adjacent to an activating group) is 1. The van der Waals surface area contributed by atoms with Crippen molar-refractivity contribution in [3.63, 3.8) is 0 Å². The molecule has 0 bridgehead atoms. The largest absolute Gasteiger partial charge is 0.347 e. The minimum atomic E-state index is 1.01. The predicted octanol–water partition coefficient (Wildman–Crippen LogP) is 2.14. The van der Waals surface area contributed by atoms with E-state index in [1.54, 1.807) is 11.3 Å². The van der Waals surface area contributed by atoms with Crippen LogP contribution in [0.1, 0.15) is 26.0 Å². The zero-order chi connectivity index (χ0) is 11.1. The number of aromatic nitrogens is 1. The average molecular weight is 227 g/mol. The van der Waals surface area contributed by atoms with Gasteiger partial charge in [-0.15, -0.1) is 11.3 Å². The topological polar surface area (TPSA) is 28.2 Å². The lowest BCUT2D eigenvalue weighted by Gasteiger charge is -2.20. The van der Waals surface area contributed by atoms with Crippen molar-refractivity contribution in [2.45, 2.75) is 26.7 Å². The number of hydrogen-bond donors (Lipinski definition) is 1. The lowest BCUT2D eigenvalue weighted by atomic mass is 10.4. The fraction of sp³-hybridized carbons (Fsp3) is 0.727. The van der Waals surface area contributed by atoms with Gasteiger partial charge in [0, 0.05) is 25.0 Å². The van der Waals surface area contributed by atoms with Crippen LogP contribution >= 0.6 is 11.3 Å². The summed E-state index contributed by atoms with van der Waals surface area (Å²) in [6.07, 6.45) is 2.20. The summed E-state index contributed by atoms with van der Waals surface area (Å²) in [6.45, 7) is 7.51. The molecule has 0 aliphatic heterocycles. The number of thiazole rings is 1. The second-order valence-corrected chi connectivity index (χ2v) is 4.40. The molecule has 0 saturated heterocycles. The monoisotopic (exact) mass is 227 g/mol. The first-order valence-corrected chi connectivity index (χ1v) is 6.53. The zero-order valence-corrected chi connectivity index (χ0v) is 10.7. The molecule has 0 aliphatic rings. The quantitative estimate of drug-likeness (QED) is 0.773. The molecule has 0 unspecified atom stereocenters. The highest BCUT2D eigenvalue weighted by molar-refractivity contribution is 7.13. The Balaban J connectivity index is 2.60. The van der Waals surface area contributed by atoms with Crippen LogP contribution in [0, 0.1) is 0 Å². The first kappa shape index (κ1) is 12.5. The van der Waals surface area contributed by atoms with Gasteiger partial charge in [-0.3, -0.25) is 0 Å². The first-order chi connectivity index (χ1) is 7.31. The van der Waals surface area contributed by atoms with E-state index < -0.39 is 0 Å². The van der Waals surface area contributed by atoms with Gasteiger partial charge in [0.1, 0.15) is 0 Å². The van der Waals surface area contributed by atoms with E-state index in [1.807, 2.05) is 7.05 Å². The standard InChI is InChI=1S/C11H21N3S/c1-4-7-14(8-6-12-3)11-13-10(5-2)9-15-11/h9,12H,4-8H2,1-3H3. The molecule has 0 atom stereocenters. The van der Waals surface area contributed by atoms with Crippen molar-refractivity contribution in [1.29, 1.82) is 0 Å². The summed E-state index contributed by atoms with van der Waals surface area (Å²) in [5, 5.41) is 6.52. The maximum Gasteiger partial charge on any atom is 0.185 e. The highest BCUT2D eigenvalue weighted by atomic mass is 32.1. The summed E-state index contributed by atoms with van der Waals surface area (Å²) in [7, 11) is 1.99. The van der Waals surface area contributed by atoms with Crippen molar-refractivity contribution in [1.82, 2.24) is 10.3 Å². The van der Waals surface area contributed by atoms with E-state index in [2.05, 4.69) is 34.4 Å². The molecule has 0 radical (unpaired) electrons. The fourth-order valence-corrected chi connectivity index (χ4v) is 2.39. The Morgan fingerprint density at radius 2 is 2.20 bits per heavy atom. The predicted molar refractivity (Wildman–Crippen MR) is 67.9 cm³/mol. The molecule has 86 valence electrons.